The van der Waals surface area contributed by atoms with Gasteiger partial charge in [0.1, 0.15) is 18.1 Å². The van der Waals surface area contributed by atoms with E-state index < -0.39 is 15.9 Å². The monoisotopic (exact) mass is 424 g/mol. The summed E-state index contributed by atoms with van der Waals surface area (Å²) < 4.78 is 36.8. The van der Waals surface area contributed by atoms with Gasteiger partial charge in [-0.3, -0.25) is 4.79 Å². The van der Waals surface area contributed by atoms with E-state index in [0.29, 0.717) is 22.9 Å². The lowest BCUT2D eigenvalue weighted by molar-refractivity contribution is -0.121. The van der Waals surface area contributed by atoms with E-state index in [1.807, 2.05) is 0 Å². The van der Waals surface area contributed by atoms with E-state index in [2.05, 4.69) is 5.32 Å². The molecular formula is C19H21ClN2O5S. The van der Waals surface area contributed by atoms with Crippen LogP contribution in [0.3, 0.4) is 0 Å². The predicted octanol–water partition coefficient (Wildman–Crippen LogP) is 2.79. The molecule has 1 amide bonds. The first-order chi connectivity index (χ1) is 13.2. The largest absolute Gasteiger partial charge is 0.495 e. The molecule has 0 fully saturated rings. The fourth-order valence-electron chi connectivity index (χ4n) is 2.92. The van der Waals surface area contributed by atoms with Gasteiger partial charge in [-0.1, -0.05) is 11.6 Å². The number of amides is 1. The van der Waals surface area contributed by atoms with Gasteiger partial charge in [-0.25, -0.2) is 12.7 Å². The molecule has 28 heavy (non-hydrogen) atoms. The third-order valence-corrected chi connectivity index (χ3v) is 6.55. The van der Waals surface area contributed by atoms with Crippen molar-refractivity contribution in [3.05, 3.63) is 47.0 Å². The van der Waals surface area contributed by atoms with Crippen molar-refractivity contribution in [1.82, 2.24) is 4.31 Å². The number of benzene rings is 2. The molecule has 0 spiro atoms. The Morgan fingerprint density at radius 2 is 2.00 bits per heavy atom. The highest BCUT2D eigenvalue weighted by molar-refractivity contribution is 7.89. The van der Waals surface area contributed by atoms with Gasteiger partial charge in [-0.15, -0.1) is 0 Å². The summed E-state index contributed by atoms with van der Waals surface area (Å²) in [5, 5.41) is 3.34. The summed E-state index contributed by atoms with van der Waals surface area (Å²) in [6, 6.07) is 9.64. The minimum atomic E-state index is -3.64. The van der Waals surface area contributed by atoms with Crippen molar-refractivity contribution in [1.29, 1.82) is 0 Å². The van der Waals surface area contributed by atoms with Gasteiger partial charge in [0, 0.05) is 19.1 Å². The molecule has 7 nitrogen and oxygen atoms in total. The lowest BCUT2D eigenvalue weighted by Gasteiger charge is -2.25. The molecule has 0 bridgehead atoms. The van der Waals surface area contributed by atoms with E-state index in [-0.39, 0.29) is 23.1 Å². The summed E-state index contributed by atoms with van der Waals surface area (Å²) in [5.74, 6) is 0.351. The lowest BCUT2D eigenvalue weighted by atomic mass is 9.96. The van der Waals surface area contributed by atoms with Crippen LogP contribution in [0.1, 0.15) is 5.56 Å². The second-order valence-corrected chi connectivity index (χ2v) is 9.19. The topological polar surface area (TPSA) is 84.9 Å². The number of anilines is 1. The van der Waals surface area contributed by atoms with Crippen LogP contribution in [-0.2, 0) is 21.2 Å². The van der Waals surface area contributed by atoms with Crippen LogP contribution in [-0.4, -0.2) is 46.4 Å². The Hall–Kier alpha value is -2.29. The van der Waals surface area contributed by atoms with Gasteiger partial charge in [-0.05, 0) is 48.4 Å². The van der Waals surface area contributed by atoms with Gasteiger partial charge >= 0.3 is 0 Å². The first-order valence-corrected chi connectivity index (χ1v) is 10.4. The molecule has 1 unspecified atom stereocenters. The summed E-state index contributed by atoms with van der Waals surface area (Å²) >= 11 is 6.03. The van der Waals surface area contributed by atoms with Crippen molar-refractivity contribution in [3.63, 3.8) is 0 Å². The molecule has 3 rings (SSSR count). The molecule has 1 aliphatic rings. The number of hydrogen-bond donors (Lipinski definition) is 1. The van der Waals surface area contributed by atoms with Crippen LogP contribution in [0.2, 0.25) is 5.02 Å². The number of halogens is 1. The fourth-order valence-corrected chi connectivity index (χ4v) is 4.05. The quantitative estimate of drug-likeness (QED) is 0.797. The lowest BCUT2D eigenvalue weighted by Crippen LogP contribution is -2.32. The first-order valence-electron chi connectivity index (χ1n) is 8.55. The highest BCUT2D eigenvalue weighted by atomic mass is 35.5. The summed E-state index contributed by atoms with van der Waals surface area (Å²) in [6.07, 6.45) is 0.472. The maximum atomic E-state index is 12.8. The first kappa shape index (κ1) is 20.4. The van der Waals surface area contributed by atoms with Gasteiger partial charge in [0.15, 0.2) is 0 Å². The number of rotatable bonds is 5. The molecule has 9 heteroatoms. The van der Waals surface area contributed by atoms with Crippen LogP contribution < -0.4 is 14.8 Å². The molecular weight excluding hydrogens is 404 g/mol. The van der Waals surface area contributed by atoms with Crippen LogP contribution >= 0.6 is 11.6 Å². The van der Waals surface area contributed by atoms with Crippen molar-refractivity contribution in [3.8, 4) is 11.5 Å². The van der Waals surface area contributed by atoms with E-state index in [0.717, 1.165) is 9.87 Å². The Bertz CT molecular complexity index is 1010. The smallest absolute Gasteiger partial charge is 0.242 e. The molecule has 0 radical (unpaired) electrons. The minimum absolute atomic E-state index is 0.0608. The minimum Gasteiger partial charge on any atom is -0.495 e. The summed E-state index contributed by atoms with van der Waals surface area (Å²) in [7, 11) is 0.697. The van der Waals surface area contributed by atoms with Gasteiger partial charge < -0.3 is 14.8 Å². The predicted molar refractivity (Wildman–Crippen MR) is 107 cm³/mol. The van der Waals surface area contributed by atoms with Crippen molar-refractivity contribution >= 4 is 33.2 Å². The third kappa shape index (κ3) is 4.09. The van der Waals surface area contributed by atoms with E-state index in [1.165, 1.54) is 39.4 Å². The number of ether oxygens (including phenoxy) is 2. The number of nitrogens with one attached hydrogen (secondary N) is 1. The normalized spacial score (nSPS) is 16.2. The third-order valence-electron chi connectivity index (χ3n) is 4.51. The van der Waals surface area contributed by atoms with Crippen molar-refractivity contribution in [2.45, 2.75) is 11.3 Å². The molecule has 0 saturated heterocycles. The zero-order chi connectivity index (χ0) is 20.5. The van der Waals surface area contributed by atoms with Crippen LogP contribution in [0.15, 0.2) is 41.3 Å². The Labute approximate surface area is 169 Å². The molecule has 2 aromatic rings. The second-order valence-electron chi connectivity index (χ2n) is 6.60. The molecule has 1 atom stereocenters. The second kappa shape index (κ2) is 7.98. The maximum Gasteiger partial charge on any atom is 0.242 e. The highest BCUT2D eigenvalue weighted by Gasteiger charge is 2.27. The number of sulfonamides is 1. The number of carbonyl (C=O) groups excluding carboxylic acids is 1. The summed E-state index contributed by atoms with van der Waals surface area (Å²) in [4.78, 5) is 12.8. The Balaban J connectivity index is 1.84. The molecule has 1 N–H and O–H groups in total. The van der Waals surface area contributed by atoms with Crippen LogP contribution in [0.5, 0.6) is 11.5 Å². The SMILES string of the molecule is COc1ccc(S(=O)(=O)N(C)C)cc1NC(=O)C1COc2ccc(Cl)cc2C1. The standard InChI is InChI=1S/C19H21ClN2O5S/c1-22(2)28(24,25)15-5-7-18(26-3)16(10-15)21-19(23)13-8-12-9-14(20)4-6-17(12)27-11-13/h4-7,9-10,13H,8,11H2,1-3H3,(H,21,23). The van der Waals surface area contributed by atoms with Crippen molar-refractivity contribution < 1.29 is 22.7 Å². The van der Waals surface area contributed by atoms with Gasteiger partial charge in [0.2, 0.25) is 15.9 Å². The molecule has 0 aliphatic carbocycles. The van der Waals surface area contributed by atoms with Crippen LogP contribution in [0.4, 0.5) is 5.69 Å². The average molecular weight is 425 g/mol. The van der Waals surface area contributed by atoms with Crippen LogP contribution in [0, 0.1) is 5.92 Å². The Morgan fingerprint density at radius 3 is 2.68 bits per heavy atom. The highest BCUT2D eigenvalue weighted by Crippen LogP contribution is 2.32. The molecule has 150 valence electrons. The summed E-state index contributed by atoms with van der Waals surface area (Å²) in [5.41, 5.74) is 1.14. The van der Waals surface area contributed by atoms with E-state index in [1.54, 1.807) is 18.2 Å². The van der Waals surface area contributed by atoms with Crippen LogP contribution in [0.25, 0.3) is 0 Å². The van der Waals surface area contributed by atoms with E-state index >= 15 is 0 Å². The number of fused-ring (bicyclic) bond motifs is 1. The number of nitrogens with zero attached hydrogens (tertiary/aromatic N) is 1. The van der Waals surface area contributed by atoms with Gasteiger partial charge in [0.05, 0.1) is 23.6 Å². The molecule has 0 aromatic heterocycles. The maximum absolute atomic E-state index is 12.8. The molecule has 1 heterocycles. The van der Waals surface area contributed by atoms with E-state index in [4.69, 9.17) is 21.1 Å². The van der Waals surface area contributed by atoms with Gasteiger partial charge in [-0.2, -0.15) is 0 Å². The van der Waals surface area contributed by atoms with Crippen molar-refractivity contribution in [2.75, 3.05) is 33.1 Å². The fraction of sp³-hybridized carbons (Fsp3) is 0.316. The number of carbonyl (C=O) groups is 1. The van der Waals surface area contributed by atoms with E-state index in [9.17, 15) is 13.2 Å². The molecule has 2 aromatic carbocycles. The van der Waals surface area contributed by atoms with Gasteiger partial charge in [0.25, 0.3) is 0 Å². The number of methoxy groups -OCH3 is 1. The Kier molecular flexibility index (Phi) is 5.83. The summed E-state index contributed by atoms with van der Waals surface area (Å²) in [6.45, 7) is 0.221. The Morgan fingerprint density at radius 1 is 1.25 bits per heavy atom. The molecule has 1 aliphatic heterocycles. The molecule has 0 saturated carbocycles. The zero-order valence-corrected chi connectivity index (χ0v) is 17.3. The van der Waals surface area contributed by atoms with Crippen molar-refractivity contribution in [2.24, 2.45) is 5.92 Å². The average Bonchev–Trinajstić information content (AvgIpc) is 2.67. The number of hydrogen-bond acceptors (Lipinski definition) is 5. The zero-order valence-electron chi connectivity index (χ0n) is 15.7.